The van der Waals surface area contributed by atoms with E-state index >= 15 is 0 Å². The molecule has 4 aromatic rings. The summed E-state index contributed by atoms with van der Waals surface area (Å²) in [5, 5.41) is 5.93. The Hall–Kier alpha value is -2.66. The number of carbonyl (C=O) groups is 1. The lowest BCUT2D eigenvalue weighted by atomic mass is 10.1. The number of carbonyl (C=O) groups excluding carboxylic acids is 1. The molecule has 0 saturated heterocycles. The first kappa shape index (κ1) is 25.0. The van der Waals surface area contributed by atoms with E-state index < -0.39 is 0 Å². The van der Waals surface area contributed by atoms with Crippen LogP contribution in [0.4, 0.5) is 5.69 Å². The number of esters is 1. The molecule has 1 aliphatic rings. The van der Waals surface area contributed by atoms with Crippen LogP contribution in [-0.4, -0.2) is 24.7 Å². The van der Waals surface area contributed by atoms with Crippen LogP contribution in [0.1, 0.15) is 39.7 Å². The Labute approximate surface area is 225 Å². The number of methoxy groups -OCH3 is 1. The Morgan fingerprint density at radius 1 is 1.17 bits per heavy atom. The molecule has 0 spiro atoms. The number of anilines is 1. The Morgan fingerprint density at radius 2 is 2.00 bits per heavy atom. The van der Waals surface area contributed by atoms with Crippen molar-refractivity contribution in [1.29, 1.82) is 0 Å². The average Bonchev–Trinajstić information content (AvgIpc) is 3.66. The van der Waals surface area contributed by atoms with Crippen molar-refractivity contribution in [2.45, 2.75) is 38.3 Å². The van der Waals surface area contributed by atoms with Crippen molar-refractivity contribution < 1.29 is 14.1 Å². The fourth-order valence-electron chi connectivity index (χ4n) is 4.17. The van der Waals surface area contributed by atoms with Gasteiger partial charge in [0.15, 0.2) is 12.7 Å². The molecule has 0 amide bonds. The average molecular weight is 557 g/mol. The maximum Gasteiger partial charge on any atom is 0.348 e. The van der Waals surface area contributed by atoms with E-state index in [0.717, 1.165) is 36.9 Å². The van der Waals surface area contributed by atoms with Crippen molar-refractivity contribution in [3.63, 3.8) is 0 Å². The number of thiophene rings is 1. The van der Waals surface area contributed by atoms with Gasteiger partial charge in [0, 0.05) is 24.1 Å². The lowest BCUT2D eigenvalue weighted by molar-refractivity contribution is -0.685. The topological polar surface area (TPSA) is 55.4 Å². The van der Waals surface area contributed by atoms with Crippen molar-refractivity contribution in [1.82, 2.24) is 4.57 Å². The fourth-order valence-corrected chi connectivity index (χ4v) is 8.38. The van der Waals surface area contributed by atoms with Crippen LogP contribution in [0.25, 0.3) is 11.1 Å². The van der Waals surface area contributed by atoms with Crippen molar-refractivity contribution >= 4 is 68.5 Å². The first-order chi connectivity index (χ1) is 17.4. The van der Waals surface area contributed by atoms with Crippen LogP contribution in [0.2, 0.25) is 0 Å². The maximum absolute atomic E-state index is 13.5. The number of thioether (sulfide) groups is 1. The molecule has 5 rings (SSSR count). The van der Waals surface area contributed by atoms with Gasteiger partial charge in [0.05, 0.1) is 24.3 Å². The van der Waals surface area contributed by atoms with E-state index in [0.29, 0.717) is 18.0 Å². The first-order valence-electron chi connectivity index (χ1n) is 11.6. The predicted octanol–water partition coefficient (Wildman–Crippen LogP) is 3.87. The Balaban J connectivity index is 1.57. The second-order valence-electron chi connectivity index (χ2n) is 8.22. The minimum atomic E-state index is -0.314. The number of hydrogen-bond acceptors (Lipinski definition) is 8. The van der Waals surface area contributed by atoms with Gasteiger partial charge in [-0.25, -0.2) is 4.79 Å². The summed E-state index contributed by atoms with van der Waals surface area (Å²) < 4.78 is 10.6. The molecule has 0 radical (unpaired) electrons. The number of aromatic nitrogens is 2. The molecule has 0 fully saturated rings. The van der Waals surface area contributed by atoms with Gasteiger partial charge in [0.25, 0.3) is 10.6 Å². The molecule has 10 heteroatoms. The van der Waals surface area contributed by atoms with Crippen LogP contribution < -0.4 is 24.2 Å². The van der Waals surface area contributed by atoms with E-state index in [1.807, 2.05) is 41.6 Å². The first-order valence-corrected chi connectivity index (χ1v) is 15.0. The smallest absolute Gasteiger partial charge is 0.348 e. The molecule has 0 saturated carbocycles. The van der Waals surface area contributed by atoms with E-state index in [1.54, 1.807) is 23.1 Å². The lowest BCUT2D eigenvalue weighted by Crippen LogP contribution is -2.36. The molecule has 3 aromatic heterocycles. The van der Waals surface area contributed by atoms with Gasteiger partial charge < -0.3 is 9.64 Å². The molecular formula is C26H26N3O3S4+. The highest BCUT2D eigenvalue weighted by molar-refractivity contribution is 8.08. The van der Waals surface area contributed by atoms with Crippen molar-refractivity contribution in [2.24, 2.45) is 0 Å². The number of ether oxygens (including phenoxy) is 1. The summed E-state index contributed by atoms with van der Waals surface area (Å²) >= 11 is 6.21. The summed E-state index contributed by atoms with van der Waals surface area (Å²) in [4.78, 5) is 29.6. The van der Waals surface area contributed by atoms with Gasteiger partial charge in [-0.2, -0.15) is 4.57 Å². The largest absolute Gasteiger partial charge is 0.465 e. The molecule has 6 nitrogen and oxygen atoms in total. The maximum atomic E-state index is 13.5. The standard InChI is InChI=1S/C26H26N3O3S4/c1-5-16-7-8-18-19(13-16)35-25(27(18)3)23-24(30)29(6-2)21(36-23)14-20-28(10-12-33-20)15-17-9-11-34-22(17)26(31)32-4/h7-14H,5-6,15H2,1-4H3/q+1/b25-23+. The second-order valence-corrected chi connectivity index (χ2v) is 12.1. The van der Waals surface area contributed by atoms with Crippen LogP contribution >= 0.6 is 45.8 Å². The molecule has 1 aliphatic heterocycles. The number of benzene rings is 1. The molecule has 1 aromatic carbocycles. The van der Waals surface area contributed by atoms with Crippen molar-refractivity contribution in [3.05, 3.63) is 81.8 Å². The van der Waals surface area contributed by atoms with Gasteiger partial charge in [-0.1, -0.05) is 36.1 Å². The van der Waals surface area contributed by atoms with Crippen molar-refractivity contribution in [3.8, 4) is 0 Å². The molecule has 36 heavy (non-hydrogen) atoms. The third-order valence-corrected chi connectivity index (χ3v) is 10.4. The zero-order valence-electron chi connectivity index (χ0n) is 20.4. The number of hydrogen-bond donors (Lipinski definition) is 0. The summed E-state index contributed by atoms with van der Waals surface area (Å²) in [6, 6.07) is 8.49. The van der Waals surface area contributed by atoms with E-state index in [4.69, 9.17) is 4.74 Å². The normalized spacial score (nSPS) is 15.0. The fraction of sp³-hybridized carbons (Fsp3) is 0.269. The molecule has 4 heterocycles. The molecule has 0 aliphatic carbocycles. The highest BCUT2D eigenvalue weighted by Crippen LogP contribution is 2.45. The van der Waals surface area contributed by atoms with Crippen LogP contribution in [0, 0.1) is 0 Å². The highest BCUT2D eigenvalue weighted by atomic mass is 32.2. The van der Waals surface area contributed by atoms with Crippen molar-refractivity contribution in [2.75, 3.05) is 19.1 Å². The Morgan fingerprint density at radius 3 is 2.75 bits per heavy atom. The van der Waals surface area contributed by atoms with E-state index in [2.05, 4.69) is 40.7 Å². The minimum Gasteiger partial charge on any atom is -0.465 e. The van der Waals surface area contributed by atoms with Gasteiger partial charge >= 0.3 is 5.97 Å². The quantitative estimate of drug-likeness (QED) is 0.267. The molecule has 0 atom stereocenters. The van der Waals surface area contributed by atoms with Gasteiger partial charge in [0.2, 0.25) is 0 Å². The second kappa shape index (κ2) is 10.4. The van der Waals surface area contributed by atoms with Crippen LogP contribution in [0.3, 0.4) is 0 Å². The minimum absolute atomic E-state index is 0.0422. The number of fused-ring (bicyclic) bond motifs is 1. The van der Waals surface area contributed by atoms with E-state index in [9.17, 15) is 9.59 Å². The number of thiazole rings is 2. The Kier molecular flexibility index (Phi) is 7.21. The molecule has 0 bridgehead atoms. The van der Waals surface area contributed by atoms with E-state index in [1.165, 1.54) is 40.2 Å². The molecule has 0 unspecified atom stereocenters. The van der Waals surface area contributed by atoms with Gasteiger partial charge in [-0.3, -0.25) is 9.36 Å². The highest BCUT2D eigenvalue weighted by Gasteiger charge is 2.25. The third-order valence-electron chi connectivity index (χ3n) is 6.15. The third kappa shape index (κ3) is 4.47. The lowest BCUT2D eigenvalue weighted by Gasteiger charge is -2.12. The van der Waals surface area contributed by atoms with Gasteiger partial charge in [-0.15, -0.1) is 22.7 Å². The van der Waals surface area contributed by atoms with Gasteiger partial charge in [0.1, 0.15) is 19.1 Å². The van der Waals surface area contributed by atoms with Crippen LogP contribution in [0.5, 0.6) is 0 Å². The summed E-state index contributed by atoms with van der Waals surface area (Å²) in [6.45, 7) is 5.31. The van der Waals surface area contributed by atoms with E-state index in [-0.39, 0.29) is 11.5 Å². The SMILES string of the molecule is CCc1ccc2c(c1)S/C(=c1/s/c(=C\c3scc[n+]3Cc3ccsc3C(=O)OC)n(CC)c1=O)N2C. The van der Waals surface area contributed by atoms with Gasteiger partial charge in [-0.05, 0) is 42.5 Å². The summed E-state index contributed by atoms with van der Waals surface area (Å²) in [6.07, 6.45) is 5.08. The predicted molar refractivity (Wildman–Crippen MR) is 150 cm³/mol. The summed E-state index contributed by atoms with van der Waals surface area (Å²) in [7, 11) is 3.44. The summed E-state index contributed by atoms with van der Waals surface area (Å²) in [5.74, 6) is -0.314. The van der Waals surface area contributed by atoms with Crippen LogP contribution in [-0.2, 0) is 24.2 Å². The zero-order valence-corrected chi connectivity index (χ0v) is 23.7. The molecular weight excluding hydrogens is 531 g/mol. The number of nitrogens with zero attached hydrogens (tertiary/aromatic N) is 3. The zero-order chi connectivity index (χ0) is 25.4. The number of rotatable bonds is 6. The Bertz CT molecular complexity index is 1630. The monoisotopic (exact) mass is 556 g/mol. The molecule has 0 N–H and O–H groups in total. The van der Waals surface area contributed by atoms with Crippen LogP contribution in [0.15, 0.2) is 50.9 Å². The number of aryl methyl sites for hydroxylation is 1. The molecule has 186 valence electrons. The summed E-state index contributed by atoms with van der Waals surface area (Å²) in [5.41, 5.74) is 3.40.